The predicted molar refractivity (Wildman–Crippen MR) is 58.3 cm³/mol. The molecule has 3 N–H and O–H groups in total. The summed E-state index contributed by atoms with van der Waals surface area (Å²) in [5.74, 6) is -3.74. The summed E-state index contributed by atoms with van der Waals surface area (Å²) in [6.07, 6.45) is 0.962. The van der Waals surface area contributed by atoms with E-state index in [1.165, 1.54) is 6.92 Å². The lowest BCUT2D eigenvalue weighted by molar-refractivity contribution is -0.147. The number of amides is 1. The second-order valence-corrected chi connectivity index (χ2v) is 4.70. The van der Waals surface area contributed by atoms with Gasteiger partial charge in [-0.3, -0.25) is 14.4 Å². The molecule has 2 unspecified atom stereocenters. The molecular weight excluding hydrogens is 226 g/mol. The number of carbonyl (C=O) groups excluding carboxylic acids is 1. The Kier molecular flexibility index (Phi) is 4.09. The summed E-state index contributed by atoms with van der Waals surface area (Å²) in [7, 11) is 0. The number of carboxylic acids is 2. The Morgan fingerprint density at radius 1 is 1.18 bits per heavy atom. The topological polar surface area (TPSA) is 104 Å². The molecule has 6 nitrogen and oxygen atoms in total. The van der Waals surface area contributed by atoms with Gasteiger partial charge in [-0.2, -0.15) is 0 Å². The molecule has 6 heteroatoms. The Labute approximate surface area is 99.0 Å². The highest BCUT2D eigenvalue weighted by Gasteiger charge is 2.41. The van der Waals surface area contributed by atoms with Gasteiger partial charge in [-0.1, -0.05) is 6.92 Å². The Bertz CT molecular complexity index is 341. The summed E-state index contributed by atoms with van der Waals surface area (Å²) in [4.78, 5) is 33.4. The van der Waals surface area contributed by atoms with E-state index in [0.717, 1.165) is 0 Å². The third-order valence-electron chi connectivity index (χ3n) is 3.18. The molecule has 1 saturated carbocycles. The number of carboxylic acid groups (broad SMARTS) is 2. The van der Waals surface area contributed by atoms with Gasteiger partial charge in [-0.25, -0.2) is 0 Å². The highest BCUT2D eigenvalue weighted by atomic mass is 16.4. The number of nitrogens with one attached hydrogen (secondary N) is 1. The summed E-state index contributed by atoms with van der Waals surface area (Å²) in [6.45, 7) is 3.25. The van der Waals surface area contributed by atoms with Crippen molar-refractivity contribution in [2.24, 2.45) is 17.8 Å². The van der Waals surface area contributed by atoms with Gasteiger partial charge in [0.25, 0.3) is 0 Å². The van der Waals surface area contributed by atoms with Crippen LogP contribution in [0.15, 0.2) is 0 Å². The second-order valence-electron chi connectivity index (χ2n) is 4.70. The van der Waals surface area contributed by atoms with Gasteiger partial charge in [-0.05, 0) is 25.7 Å². The first-order valence-corrected chi connectivity index (χ1v) is 5.59. The van der Waals surface area contributed by atoms with Gasteiger partial charge < -0.3 is 15.5 Å². The summed E-state index contributed by atoms with van der Waals surface area (Å²) in [6, 6.07) is -0.993. The molecule has 4 atom stereocenters. The molecule has 0 spiro atoms. The number of rotatable bonds is 4. The number of aliphatic carboxylic acids is 2. The van der Waals surface area contributed by atoms with Crippen molar-refractivity contribution in [3.05, 3.63) is 0 Å². The molecule has 1 fully saturated rings. The van der Waals surface area contributed by atoms with Crippen molar-refractivity contribution in [3.63, 3.8) is 0 Å². The minimum Gasteiger partial charge on any atom is -0.481 e. The first kappa shape index (κ1) is 13.5. The van der Waals surface area contributed by atoms with E-state index in [2.05, 4.69) is 5.32 Å². The van der Waals surface area contributed by atoms with Crippen molar-refractivity contribution in [3.8, 4) is 0 Å². The van der Waals surface area contributed by atoms with E-state index < -0.39 is 35.7 Å². The third-order valence-corrected chi connectivity index (χ3v) is 3.18. The van der Waals surface area contributed by atoms with Crippen LogP contribution in [0.4, 0.5) is 0 Å². The van der Waals surface area contributed by atoms with Crippen LogP contribution >= 0.6 is 0 Å². The van der Waals surface area contributed by atoms with Gasteiger partial charge in [0.15, 0.2) is 0 Å². The van der Waals surface area contributed by atoms with Crippen molar-refractivity contribution in [2.75, 3.05) is 0 Å². The molecule has 1 aliphatic carbocycles. The van der Waals surface area contributed by atoms with Gasteiger partial charge in [0.1, 0.15) is 6.04 Å². The van der Waals surface area contributed by atoms with Crippen LogP contribution in [0.1, 0.15) is 26.7 Å². The summed E-state index contributed by atoms with van der Waals surface area (Å²) in [5, 5.41) is 20.0. The fraction of sp³-hybridized carbons (Fsp3) is 0.727. The maximum absolute atomic E-state index is 11.8. The van der Waals surface area contributed by atoms with Crippen LogP contribution in [0.5, 0.6) is 0 Å². The Hall–Kier alpha value is -1.59. The lowest BCUT2D eigenvalue weighted by Gasteiger charge is -2.17. The molecule has 0 aromatic heterocycles. The van der Waals surface area contributed by atoms with E-state index in [-0.39, 0.29) is 5.92 Å². The molecule has 0 aromatic rings. The van der Waals surface area contributed by atoms with E-state index in [1.807, 2.05) is 6.92 Å². The van der Waals surface area contributed by atoms with E-state index in [4.69, 9.17) is 10.2 Å². The Morgan fingerprint density at radius 3 is 2.18 bits per heavy atom. The fourth-order valence-corrected chi connectivity index (χ4v) is 2.24. The quantitative estimate of drug-likeness (QED) is 0.659. The van der Waals surface area contributed by atoms with Crippen LogP contribution < -0.4 is 5.32 Å². The molecule has 0 heterocycles. The molecule has 96 valence electrons. The zero-order chi connectivity index (χ0) is 13.2. The van der Waals surface area contributed by atoms with Gasteiger partial charge in [0, 0.05) is 0 Å². The SMILES string of the molecule is CC1C[C@H](C(=O)NC(C)C(=O)O)[C@H](C(=O)O)C1. The molecule has 0 aliphatic heterocycles. The monoisotopic (exact) mass is 243 g/mol. The fourth-order valence-electron chi connectivity index (χ4n) is 2.24. The van der Waals surface area contributed by atoms with Crippen molar-refractivity contribution in [1.29, 1.82) is 0 Å². The van der Waals surface area contributed by atoms with Crippen molar-refractivity contribution in [2.45, 2.75) is 32.7 Å². The van der Waals surface area contributed by atoms with E-state index >= 15 is 0 Å². The smallest absolute Gasteiger partial charge is 0.325 e. The zero-order valence-corrected chi connectivity index (χ0v) is 9.84. The second kappa shape index (κ2) is 5.16. The van der Waals surface area contributed by atoms with Gasteiger partial charge >= 0.3 is 11.9 Å². The third kappa shape index (κ3) is 3.18. The summed E-state index contributed by atoms with van der Waals surface area (Å²) in [5.41, 5.74) is 0. The van der Waals surface area contributed by atoms with Crippen LogP contribution in [0.3, 0.4) is 0 Å². The van der Waals surface area contributed by atoms with Crippen molar-refractivity contribution >= 4 is 17.8 Å². The van der Waals surface area contributed by atoms with Crippen molar-refractivity contribution < 1.29 is 24.6 Å². The molecule has 17 heavy (non-hydrogen) atoms. The van der Waals surface area contributed by atoms with Crippen LogP contribution in [0.2, 0.25) is 0 Å². The highest BCUT2D eigenvalue weighted by Crippen LogP contribution is 2.36. The van der Waals surface area contributed by atoms with Gasteiger partial charge in [0.2, 0.25) is 5.91 Å². The first-order chi connectivity index (χ1) is 7.82. The summed E-state index contributed by atoms with van der Waals surface area (Å²) < 4.78 is 0. The number of carbonyl (C=O) groups is 3. The van der Waals surface area contributed by atoms with E-state index in [9.17, 15) is 14.4 Å². The molecule has 0 bridgehead atoms. The van der Waals surface area contributed by atoms with Gasteiger partial charge in [0.05, 0.1) is 11.8 Å². The predicted octanol–water partition coefficient (Wildman–Crippen LogP) is 0.323. The molecule has 0 aromatic carbocycles. The Balaban J connectivity index is 2.67. The van der Waals surface area contributed by atoms with Crippen LogP contribution in [-0.4, -0.2) is 34.1 Å². The molecule has 1 amide bonds. The number of hydrogen-bond donors (Lipinski definition) is 3. The molecule has 0 radical (unpaired) electrons. The van der Waals surface area contributed by atoms with E-state index in [1.54, 1.807) is 0 Å². The molecule has 1 aliphatic rings. The molecular formula is C11H17NO5. The maximum atomic E-state index is 11.8. The van der Waals surface area contributed by atoms with Crippen LogP contribution in [-0.2, 0) is 14.4 Å². The van der Waals surface area contributed by atoms with Gasteiger partial charge in [-0.15, -0.1) is 0 Å². The normalized spacial score (nSPS) is 29.6. The average Bonchev–Trinajstić information content (AvgIpc) is 2.60. The largest absolute Gasteiger partial charge is 0.481 e. The number of hydrogen-bond acceptors (Lipinski definition) is 3. The van der Waals surface area contributed by atoms with Crippen LogP contribution in [0, 0.1) is 17.8 Å². The van der Waals surface area contributed by atoms with Crippen LogP contribution in [0.25, 0.3) is 0 Å². The highest BCUT2D eigenvalue weighted by molar-refractivity contribution is 5.88. The Morgan fingerprint density at radius 2 is 1.71 bits per heavy atom. The lowest BCUT2D eigenvalue weighted by atomic mass is 9.95. The average molecular weight is 243 g/mol. The molecule has 0 saturated heterocycles. The maximum Gasteiger partial charge on any atom is 0.325 e. The molecule has 1 rings (SSSR count). The van der Waals surface area contributed by atoms with Crippen molar-refractivity contribution in [1.82, 2.24) is 5.32 Å². The minimum atomic E-state index is -1.13. The standard InChI is InChI=1S/C11H17NO5/c1-5-3-7(8(4-5)11(16)17)9(13)12-6(2)10(14)15/h5-8H,3-4H2,1-2H3,(H,12,13)(H,14,15)(H,16,17)/t5?,6?,7-,8+/m0/s1. The van der Waals surface area contributed by atoms with E-state index in [0.29, 0.717) is 12.8 Å². The first-order valence-electron chi connectivity index (χ1n) is 5.59. The zero-order valence-electron chi connectivity index (χ0n) is 9.84. The summed E-state index contributed by atoms with van der Waals surface area (Å²) >= 11 is 0. The minimum absolute atomic E-state index is 0.173. The lowest BCUT2D eigenvalue weighted by Crippen LogP contribution is -2.43.